The molecule has 0 spiro atoms. The number of hydrogen-bond acceptors (Lipinski definition) is 2. The molecule has 46 valence electrons. The Labute approximate surface area is 72.5 Å². The van der Waals surface area contributed by atoms with Crippen molar-refractivity contribution in [3.8, 4) is 0 Å². The van der Waals surface area contributed by atoms with Gasteiger partial charge in [0.15, 0.2) is 0 Å². The third kappa shape index (κ3) is 15.7. The molecule has 0 radical (unpaired) electrons. The molecule has 0 atom stereocenters. The first-order chi connectivity index (χ1) is 2.56. The molecule has 5 heteroatoms. The van der Waals surface area contributed by atoms with Crippen LogP contribution in [-0.4, -0.2) is 37.2 Å². The van der Waals surface area contributed by atoms with Crippen molar-refractivity contribution in [3.63, 3.8) is 0 Å². The summed E-state index contributed by atoms with van der Waals surface area (Å²) in [5, 5.41) is 0. The molecule has 2 nitrogen and oxygen atoms in total. The van der Waals surface area contributed by atoms with Gasteiger partial charge in [-0.3, -0.25) is 8.42 Å². The molecule has 0 unspecified atom stereocenters. The van der Waals surface area contributed by atoms with Gasteiger partial charge in [-0.2, -0.15) is 0 Å². The standard InChI is InChI=1S/C3H7O2S.ClH.Mg/c1-3-6(2,4)5;;/h2-3H2,1H3;1H;/q-1;;+2/p-1. The number of sulfone groups is 1. The molecule has 0 aliphatic carbocycles. The molecule has 0 bridgehead atoms. The zero-order valence-electron chi connectivity index (χ0n) is 4.72. The zero-order valence-corrected chi connectivity index (χ0v) is 7.71. The molecular formula is C3H7ClMgO2S. The zero-order chi connectivity index (χ0) is 5.21. The van der Waals surface area contributed by atoms with Gasteiger partial charge in [-0.1, -0.05) is 6.92 Å². The maximum absolute atomic E-state index is 9.89. The van der Waals surface area contributed by atoms with Gasteiger partial charge in [0.1, 0.15) is 0 Å². The Morgan fingerprint density at radius 1 is 1.50 bits per heavy atom. The summed E-state index contributed by atoms with van der Waals surface area (Å²) in [7, 11) is -2.91. The van der Waals surface area contributed by atoms with E-state index in [1.165, 1.54) is 0 Å². The third-order valence-corrected chi connectivity index (χ3v) is 1.32. The Hall–Kier alpha value is 1.01. The van der Waals surface area contributed by atoms with E-state index in [-0.39, 0.29) is 41.2 Å². The minimum absolute atomic E-state index is 0. The molecule has 0 aliphatic heterocycles. The molecule has 0 aromatic heterocycles. The van der Waals surface area contributed by atoms with Crippen molar-refractivity contribution in [3.05, 3.63) is 6.26 Å². The Bertz CT molecular complexity index is 119. The van der Waals surface area contributed by atoms with Crippen molar-refractivity contribution >= 4 is 32.9 Å². The normalized spacial score (nSPS) is 8.75. The fourth-order valence-corrected chi connectivity index (χ4v) is 0. The van der Waals surface area contributed by atoms with E-state index >= 15 is 0 Å². The van der Waals surface area contributed by atoms with Crippen molar-refractivity contribution in [2.75, 3.05) is 5.75 Å². The van der Waals surface area contributed by atoms with E-state index in [4.69, 9.17) is 0 Å². The van der Waals surface area contributed by atoms with Gasteiger partial charge in [-0.15, -0.1) is 0 Å². The molecule has 0 fully saturated rings. The molecule has 0 amide bonds. The van der Waals surface area contributed by atoms with Crippen molar-refractivity contribution in [1.82, 2.24) is 0 Å². The summed E-state index contributed by atoms with van der Waals surface area (Å²) in [5.74, 6) is 0.132. The Morgan fingerprint density at radius 3 is 1.62 bits per heavy atom. The summed E-state index contributed by atoms with van der Waals surface area (Å²) in [4.78, 5) is 0. The van der Waals surface area contributed by atoms with E-state index in [1.54, 1.807) is 6.92 Å². The average Bonchev–Trinajstić information content (AvgIpc) is 1.35. The van der Waals surface area contributed by atoms with E-state index in [9.17, 15) is 8.42 Å². The molecule has 0 aliphatic rings. The van der Waals surface area contributed by atoms with Gasteiger partial charge in [0, 0.05) is 15.6 Å². The van der Waals surface area contributed by atoms with Gasteiger partial charge in [0.2, 0.25) is 0 Å². The predicted octanol–water partition coefficient (Wildman–Crippen LogP) is -3.16. The maximum atomic E-state index is 9.89. The minimum Gasteiger partial charge on any atom is -1.00 e. The van der Waals surface area contributed by atoms with E-state index in [2.05, 4.69) is 6.26 Å². The van der Waals surface area contributed by atoms with Crippen molar-refractivity contribution in [2.24, 2.45) is 0 Å². The second kappa shape index (κ2) is 6.13. The van der Waals surface area contributed by atoms with Gasteiger partial charge in [0.05, 0.1) is 0 Å². The quantitative estimate of drug-likeness (QED) is 0.305. The summed E-state index contributed by atoms with van der Waals surface area (Å²) in [6, 6.07) is 0. The topological polar surface area (TPSA) is 34.1 Å². The molecule has 0 rings (SSSR count). The molecule has 0 saturated carbocycles. The monoisotopic (exact) mass is 166 g/mol. The fraction of sp³-hybridized carbons (Fsp3) is 0.667. The number of rotatable bonds is 1. The summed E-state index contributed by atoms with van der Waals surface area (Å²) in [5.41, 5.74) is 0. The predicted molar refractivity (Wildman–Crippen MR) is 30.6 cm³/mol. The van der Waals surface area contributed by atoms with Crippen LogP contribution in [0.15, 0.2) is 0 Å². The Balaban J connectivity index is -0.000000125. The van der Waals surface area contributed by atoms with Crippen LogP contribution in [-0.2, 0) is 9.84 Å². The SMILES string of the molecule is [CH2-]S(=O)(=O)CC.[Cl-].[Mg+2]. The van der Waals surface area contributed by atoms with E-state index < -0.39 is 9.84 Å². The molecule has 0 heterocycles. The number of hydrogen-bond donors (Lipinski definition) is 0. The smallest absolute Gasteiger partial charge is 1.00 e. The summed E-state index contributed by atoms with van der Waals surface area (Å²) in [6.07, 6.45) is 2.86. The van der Waals surface area contributed by atoms with Crippen LogP contribution < -0.4 is 12.4 Å². The van der Waals surface area contributed by atoms with Crippen molar-refractivity contribution in [1.29, 1.82) is 0 Å². The van der Waals surface area contributed by atoms with Crippen LogP contribution in [0, 0.1) is 6.26 Å². The third-order valence-electron chi connectivity index (χ3n) is 0.440. The van der Waals surface area contributed by atoms with E-state index in [0.29, 0.717) is 0 Å². The largest absolute Gasteiger partial charge is 2.00 e. The summed E-state index contributed by atoms with van der Waals surface area (Å²) >= 11 is 0. The van der Waals surface area contributed by atoms with Gasteiger partial charge < -0.3 is 12.4 Å². The van der Waals surface area contributed by atoms with Gasteiger partial charge in [0.25, 0.3) is 0 Å². The van der Waals surface area contributed by atoms with Crippen LogP contribution in [0.5, 0.6) is 0 Å². The summed E-state index contributed by atoms with van der Waals surface area (Å²) < 4.78 is 19.8. The minimum atomic E-state index is -2.91. The fourth-order valence-electron chi connectivity index (χ4n) is 0. The van der Waals surface area contributed by atoms with Crippen LogP contribution in [0.25, 0.3) is 0 Å². The molecule has 0 saturated heterocycles. The van der Waals surface area contributed by atoms with Crippen LogP contribution in [0.1, 0.15) is 6.92 Å². The first-order valence-corrected chi connectivity index (χ1v) is 3.44. The van der Waals surface area contributed by atoms with E-state index in [0.717, 1.165) is 0 Å². The van der Waals surface area contributed by atoms with Crippen LogP contribution in [0.3, 0.4) is 0 Å². The van der Waals surface area contributed by atoms with Gasteiger partial charge in [-0.05, 0) is 0 Å². The first-order valence-electron chi connectivity index (χ1n) is 1.62. The second-order valence-corrected chi connectivity index (χ2v) is 3.10. The van der Waals surface area contributed by atoms with Crippen LogP contribution >= 0.6 is 0 Å². The molecule has 0 aromatic carbocycles. The Morgan fingerprint density at radius 2 is 1.62 bits per heavy atom. The maximum Gasteiger partial charge on any atom is 2.00 e. The van der Waals surface area contributed by atoms with Crippen LogP contribution in [0.2, 0.25) is 0 Å². The average molecular weight is 167 g/mol. The summed E-state index contributed by atoms with van der Waals surface area (Å²) in [6.45, 7) is 1.56. The molecular weight excluding hydrogens is 160 g/mol. The first kappa shape index (κ1) is 16.0. The molecule has 0 N–H and O–H groups in total. The second-order valence-electron chi connectivity index (χ2n) is 1.03. The van der Waals surface area contributed by atoms with Crippen LogP contribution in [0.4, 0.5) is 0 Å². The Kier molecular flexibility index (Phi) is 12.3. The molecule has 0 aromatic rings. The van der Waals surface area contributed by atoms with Gasteiger partial charge in [-0.25, -0.2) is 6.26 Å². The van der Waals surface area contributed by atoms with Gasteiger partial charge >= 0.3 is 23.1 Å². The molecule has 8 heavy (non-hydrogen) atoms. The number of halogens is 1. The van der Waals surface area contributed by atoms with E-state index in [1.807, 2.05) is 0 Å². The van der Waals surface area contributed by atoms with Crippen molar-refractivity contribution < 1.29 is 20.8 Å². The van der Waals surface area contributed by atoms with Crippen molar-refractivity contribution in [2.45, 2.75) is 6.92 Å².